The average Bonchev–Trinajstić information content (AvgIpc) is 2.83. The van der Waals surface area contributed by atoms with Crippen LogP contribution in [0.4, 0.5) is 4.39 Å². The van der Waals surface area contributed by atoms with Gasteiger partial charge in [-0.2, -0.15) is 5.26 Å². The van der Waals surface area contributed by atoms with Gasteiger partial charge in [-0.25, -0.2) is 9.18 Å². The minimum Gasteiger partial charge on any atom is -0.426 e. The lowest BCUT2D eigenvalue weighted by Crippen LogP contribution is -2.25. The van der Waals surface area contributed by atoms with Crippen molar-refractivity contribution in [2.24, 2.45) is 11.8 Å². The van der Waals surface area contributed by atoms with E-state index in [1.807, 2.05) is 0 Å². The summed E-state index contributed by atoms with van der Waals surface area (Å²) in [5.41, 5.74) is 0.163. The van der Waals surface area contributed by atoms with Gasteiger partial charge in [-0.1, -0.05) is 39.0 Å². The molecule has 33 heavy (non-hydrogen) atoms. The number of halogens is 1. The second kappa shape index (κ2) is 12.2. The maximum Gasteiger partial charge on any atom is 0.343 e. The predicted octanol–water partition coefficient (Wildman–Crippen LogP) is 6.60. The minimum absolute atomic E-state index is 0.0135. The van der Waals surface area contributed by atoms with Crippen molar-refractivity contribution in [2.45, 2.75) is 64.7 Å². The molecule has 0 radical (unpaired) electrons. The third-order valence-corrected chi connectivity index (χ3v) is 6.22. The Morgan fingerprint density at radius 1 is 1.00 bits per heavy atom. The molecule has 1 fully saturated rings. The van der Waals surface area contributed by atoms with Gasteiger partial charge in [0.15, 0.2) is 0 Å². The van der Waals surface area contributed by atoms with E-state index in [1.165, 1.54) is 50.3 Å². The number of carbonyl (C=O) groups excluding carboxylic acids is 2. The molecule has 0 aliphatic heterocycles. The maximum atomic E-state index is 13.2. The summed E-state index contributed by atoms with van der Waals surface area (Å²) in [5, 5.41) is 9.07. The Bertz CT molecular complexity index is 988. The second-order valence-electron chi connectivity index (χ2n) is 8.65. The van der Waals surface area contributed by atoms with Crippen LogP contribution in [0.25, 0.3) is 0 Å². The fourth-order valence-electron chi connectivity index (χ4n) is 4.24. The smallest absolute Gasteiger partial charge is 0.343 e. The van der Waals surface area contributed by atoms with Gasteiger partial charge in [0.1, 0.15) is 23.4 Å². The van der Waals surface area contributed by atoms with Crippen molar-refractivity contribution in [3.63, 3.8) is 0 Å². The van der Waals surface area contributed by atoms with Crippen LogP contribution in [-0.4, -0.2) is 11.9 Å². The normalized spacial score (nSPS) is 17.7. The van der Waals surface area contributed by atoms with Crippen molar-refractivity contribution >= 4 is 11.9 Å². The number of rotatable bonds is 9. The van der Waals surface area contributed by atoms with Gasteiger partial charge in [-0.3, -0.25) is 4.79 Å². The van der Waals surface area contributed by atoms with E-state index in [0.29, 0.717) is 5.75 Å². The first-order valence-corrected chi connectivity index (χ1v) is 11.7. The summed E-state index contributed by atoms with van der Waals surface area (Å²) in [6.07, 6.45) is 10.2. The molecule has 0 bridgehead atoms. The summed E-state index contributed by atoms with van der Waals surface area (Å²) in [7, 11) is 0. The molecule has 2 aromatic rings. The molecule has 0 atom stereocenters. The van der Waals surface area contributed by atoms with Crippen molar-refractivity contribution in [3.05, 3.63) is 59.4 Å². The summed E-state index contributed by atoms with van der Waals surface area (Å²) >= 11 is 0. The van der Waals surface area contributed by atoms with Gasteiger partial charge in [0.2, 0.25) is 0 Å². The molecule has 6 heteroatoms. The Balaban J connectivity index is 1.48. The van der Waals surface area contributed by atoms with Crippen LogP contribution < -0.4 is 9.47 Å². The summed E-state index contributed by atoms with van der Waals surface area (Å²) in [4.78, 5) is 24.9. The SMILES string of the molecule is CCCCCC[C@H]1CC[C@H](C(=O)Oc2ccc(C(=O)Oc3ccc(F)cc3C#N)cc2)CC1. The van der Waals surface area contributed by atoms with Gasteiger partial charge < -0.3 is 9.47 Å². The number of hydrogen-bond donors (Lipinski definition) is 0. The third-order valence-electron chi connectivity index (χ3n) is 6.22. The molecule has 0 saturated heterocycles. The first-order valence-electron chi connectivity index (χ1n) is 11.7. The molecule has 0 unspecified atom stereocenters. The van der Waals surface area contributed by atoms with Crippen LogP contribution in [0.5, 0.6) is 11.5 Å². The quantitative estimate of drug-likeness (QED) is 0.244. The average molecular weight is 452 g/mol. The molecule has 5 nitrogen and oxygen atoms in total. The lowest BCUT2D eigenvalue weighted by Gasteiger charge is -2.27. The molecule has 0 N–H and O–H groups in total. The Morgan fingerprint density at radius 2 is 1.73 bits per heavy atom. The van der Waals surface area contributed by atoms with Gasteiger partial charge >= 0.3 is 11.9 Å². The number of carbonyl (C=O) groups is 2. The van der Waals surface area contributed by atoms with Crippen LogP contribution in [-0.2, 0) is 4.79 Å². The zero-order valence-corrected chi connectivity index (χ0v) is 19.0. The monoisotopic (exact) mass is 451 g/mol. The molecule has 2 aromatic carbocycles. The fraction of sp³-hybridized carbons (Fsp3) is 0.444. The Labute approximate surface area is 194 Å². The van der Waals surface area contributed by atoms with Crippen LogP contribution >= 0.6 is 0 Å². The van der Waals surface area contributed by atoms with Crippen LogP contribution in [0, 0.1) is 29.0 Å². The standard InChI is InChI=1S/C27H30FNO4/c1-2-3-4-5-6-19-7-9-20(10-8-19)26(30)32-24-14-11-21(12-15-24)27(31)33-25-16-13-23(28)17-22(25)18-29/h11-17,19-20H,2-10H2,1H3/t19-,20-. The largest absolute Gasteiger partial charge is 0.426 e. The molecule has 0 spiro atoms. The zero-order chi connectivity index (χ0) is 23.6. The van der Waals surface area contributed by atoms with Gasteiger partial charge in [0.05, 0.1) is 17.0 Å². The number of benzene rings is 2. The van der Waals surface area contributed by atoms with Gasteiger partial charge in [0, 0.05) is 0 Å². The highest BCUT2D eigenvalue weighted by Gasteiger charge is 2.27. The highest BCUT2D eigenvalue weighted by molar-refractivity contribution is 5.91. The molecule has 1 aliphatic carbocycles. The number of ether oxygens (including phenoxy) is 2. The molecule has 0 heterocycles. The number of esters is 2. The summed E-state index contributed by atoms with van der Waals surface area (Å²) in [6, 6.07) is 11.2. The molecule has 1 saturated carbocycles. The maximum absolute atomic E-state index is 13.2. The van der Waals surface area contributed by atoms with Crippen LogP contribution in [0.2, 0.25) is 0 Å². The van der Waals surface area contributed by atoms with Gasteiger partial charge in [0.25, 0.3) is 0 Å². The van der Waals surface area contributed by atoms with E-state index >= 15 is 0 Å². The highest BCUT2D eigenvalue weighted by Crippen LogP contribution is 2.33. The number of nitriles is 1. The van der Waals surface area contributed by atoms with Crippen molar-refractivity contribution in [1.29, 1.82) is 5.26 Å². The van der Waals surface area contributed by atoms with Gasteiger partial charge in [-0.15, -0.1) is 0 Å². The predicted molar refractivity (Wildman–Crippen MR) is 122 cm³/mol. The third kappa shape index (κ3) is 7.15. The van der Waals surface area contributed by atoms with Crippen molar-refractivity contribution < 1.29 is 23.5 Å². The summed E-state index contributed by atoms with van der Waals surface area (Å²) < 4.78 is 24.0. The first kappa shape index (κ1) is 24.4. The molecule has 0 aromatic heterocycles. The van der Waals surface area contributed by atoms with E-state index in [-0.39, 0.29) is 28.8 Å². The van der Waals surface area contributed by atoms with E-state index < -0.39 is 11.8 Å². The first-order chi connectivity index (χ1) is 16.0. The van der Waals surface area contributed by atoms with Gasteiger partial charge in [-0.05, 0) is 74.1 Å². The fourth-order valence-corrected chi connectivity index (χ4v) is 4.24. The Morgan fingerprint density at radius 3 is 2.39 bits per heavy atom. The molecular formula is C27H30FNO4. The van der Waals surface area contributed by atoms with Crippen molar-refractivity contribution in [2.75, 3.05) is 0 Å². The number of nitrogens with zero attached hydrogens (tertiary/aromatic N) is 1. The van der Waals surface area contributed by atoms with E-state index in [9.17, 15) is 14.0 Å². The molecule has 174 valence electrons. The van der Waals surface area contributed by atoms with Crippen LogP contribution in [0.3, 0.4) is 0 Å². The topological polar surface area (TPSA) is 76.4 Å². The summed E-state index contributed by atoms with van der Waals surface area (Å²) in [6.45, 7) is 2.22. The van der Waals surface area contributed by atoms with E-state index in [4.69, 9.17) is 14.7 Å². The second-order valence-corrected chi connectivity index (χ2v) is 8.65. The Kier molecular flexibility index (Phi) is 9.00. The van der Waals surface area contributed by atoms with Crippen molar-refractivity contribution in [1.82, 2.24) is 0 Å². The minimum atomic E-state index is -0.687. The van der Waals surface area contributed by atoms with E-state index in [0.717, 1.165) is 43.7 Å². The molecule has 1 aliphatic rings. The van der Waals surface area contributed by atoms with Crippen molar-refractivity contribution in [3.8, 4) is 17.6 Å². The highest BCUT2D eigenvalue weighted by atomic mass is 19.1. The Hall–Kier alpha value is -3.20. The van der Waals surface area contributed by atoms with E-state index in [2.05, 4.69) is 6.92 Å². The van der Waals surface area contributed by atoms with Crippen LogP contribution in [0.15, 0.2) is 42.5 Å². The molecular weight excluding hydrogens is 421 g/mol. The zero-order valence-electron chi connectivity index (χ0n) is 19.0. The molecule has 0 amide bonds. The van der Waals surface area contributed by atoms with E-state index in [1.54, 1.807) is 18.2 Å². The number of unbranched alkanes of at least 4 members (excludes halogenated alkanes) is 3. The summed E-state index contributed by atoms with van der Waals surface area (Å²) in [5.74, 6) is -0.493. The molecule has 3 rings (SSSR count). The number of hydrogen-bond acceptors (Lipinski definition) is 5. The lowest BCUT2D eigenvalue weighted by molar-refractivity contribution is -0.140. The lowest BCUT2D eigenvalue weighted by atomic mass is 9.80. The van der Waals surface area contributed by atoms with Crippen LogP contribution in [0.1, 0.15) is 80.6 Å².